The Morgan fingerprint density at radius 3 is 2.60 bits per heavy atom. The quantitative estimate of drug-likeness (QED) is 0.554. The van der Waals surface area contributed by atoms with Crippen LogP contribution < -0.4 is 10.7 Å². The molecule has 1 aliphatic rings. The first kappa shape index (κ1) is 20.2. The summed E-state index contributed by atoms with van der Waals surface area (Å²) in [6.07, 6.45) is 2.49. The summed E-state index contributed by atoms with van der Waals surface area (Å²) < 4.78 is 7.80. The van der Waals surface area contributed by atoms with Gasteiger partial charge >= 0.3 is 12.1 Å². The number of aromatic nitrogens is 1. The number of carbonyl (C=O) groups excluding carboxylic acids is 1. The van der Waals surface area contributed by atoms with Gasteiger partial charge in [-0.15, -0.1) is 0 Å². The van der Waals surface area contributed by atoms with Crippen LogP contribution in [0, 0.1) is 6.92 Å². The lowest BCUT2D eigenvalue weighted by Gasteiger charge is -2.18. The highest BCUT2D eigenvalue weighted by molar-refractivity contribution is 9.10. The Morgan fingerprint density at radius 2 is 1.97 bits per heavy atom. The third-order valence-corrected chi connectivity index (χ3v) is 5.93. The van der Waals surface area contributed by atoms with Crippen LogP contribution in [0.5, 0.6) is 0 Å². The number of hydrogen-bond donors (Lipinski definition) is 2. The standard InChI is InChI=1S/C22H19BrN2O5/c1-12-16(23)9-17(24-22(29)30-11-13-5-3-2-4-6-13)18-19(12)25(14-7-8-14)10-15(20(18)26)21(27)28/h2-6,9-10,14H,7-8,11H2,1H3,(H,24,29)(H,27,28). The lowest BCUT2D eigenvalue weighted by atomic mass is 10.0. The number of carboxylic acids is 1. The minimum absolute atomic E-state index is 0.0737. The Morgan fingerprint density at radius 1 is 1.27 bits per heavy atom. The van der Waals surface area contributed by atoms with Crippen LogP contribution in [0.25, 0.3) is 10.9 Å². The maximum atomic E-state index is 13.0. The zero-order chi connectivity index (χ0) is 21.4. The van der Waals surface area contributed by atoms with Crippen LogP contribution in [-0.2, 0) is 11.3 Å². The zero-order valence-electron chi connectivity index (χ0n) is 16.1. The number of nitrogens with one attached hydrogen (secondary N) is 1. The van der Waals surface area contributed by atoms with Gasteiger partial charge in [-0.25, -0.2) is 9.59 Å². The molecule has 0 saturated heterocycles. The van der Waals surface area contributed by atoms with Crippen molar-refractivity contribution in [3.05, 3.63) is 74.0 Å². The van der Waals surface area contributed by atoms with Crippen LogP contribution in [0.2, 0.25) is 0 Å². The summed E-state index contributed by atoms with van der Waals surface area (Å²) in [5.41, 5.74) is 1.49. The number of halogens is 1. The van der Waals surface area contributed by atoms with Gasteiger partial charge in [0.25, 0.3) is 0 Å². The smallest absolute Gasteiger partial charge is 0.411 e. The average molecular weight is 471 g/mol. The van der Waals surface area contributed by atoms with E-state index in [2.05, 4.69) is 21.2 Å². The van der Waals surface area contributed by atoms with Crippen LogP contribution in [0.1, 0.15) is 40.4 Å². The van der Waals surface area contributed by atoms with E-state index < -0.39 is 17.5 Å². The molecule has 154 valence electrons. The van der Waals surface area contributed by atoms with Gasteiger partial charge in [-0.3, -0.25) is 10.1 Å². The number of carbonyl (C=O) groups is 2. The fourth-order valence-electron chi connectivity index (χ4n) is 3.45. The van der Waals surface area contributed by atoms with Gasteiger partial charge in [0.15, 0.2) is 0 Å². The number of nitrogens with zero attached hydrogens (tertiary/aromatic N) is 1. The van der Waals surface area contributed by atoms with E-state index in [1.807, 2.05) is 41.8 Å². The minimum Gasteiger partial charge on any atom is -0.477 e. The molecule has 1 aromatic heterocycles. The molecule has 0 aliphatic heterocycles. The van der Waals surface area contributed by atoms with Crippen molar-refractivity contribution in [2.75, 3.05) is 5.32 Å². The van der Waals surface area contributed by atoms with Crippen LogP contribution in [0.4, 0.5) is 10.5 Å². The largest absolute Gasteiger partial charge is 0.477 e. The summed E-state index contributed by atoms with van der Waals surface area (Å²) in [6.45, 7) is 1.92. The highest BCUT2D eigenvalue weighted by Gasteiger charge is 2.29. The number of hydrogen-bond acceptors (Lipinski definition) is 4. The normalized spacial score (nSPS) is 13.3. The fraction of sp³-hybridized carbons (Fsp3) is 0.227. The van der Waals surface area contributed by atoms with Crippen molar-refractivity contribution in [2.24, 2.45) is 0 Å². The second-order valence-electron chi connectivity index (χ2n) is 7.26. The molecule has 0 atom stereocenters. The number of benzene rings is 2. The first-order chi connectivity index (χ1) is 14.4. The van der Waals surface area contributed by atoms with Crippen LogP contribution >= 0.6 is 15.9 Å². The van der Waals surface area contributed by atoms with Gasteiger partial charge in [-0.05, 0) is 37.0 Å². The van der Waals surface area contributed by atoms with Crippen molar-refractivity contribution in [2.45, 2.75) is 32.4 Å². The first-order valence-electron chi connectivity index (χ1n) is 9.45. The minimum atomic E-state index is -1.30. The monoisotopic (exact) mass is 470 g/mol. The average Bonchev–Trinajstić information content (AvgIpc) is 3.56. The molecule has 3 aromatic rings. The Balaban J connectivity index is 1.77. The van der Waals surface area contributed by atoms with Crippen LogP contribution in [0.15, 0.2) is 51.9 Å². The summed E-state index contributed by atoms with van der Waals surface area (Å²) in [6, 6.07) is 11.0. The van der Waals surface area contributed by atoms with Crippen molar-refractivity contribution in [1.82, 2.24) is 4.57 Å². The third-order valence-electron chi connectivity index (χ3n) is 5.11. The molecule has 7 nitrogen and oxygen atoms in total. The van der Waals surface area contributed by atoms with E-state index in [1.54, 1.807) is 6.07 Å². The predicted molar refractivity (Wildman–Crippen MR) is 116 cm³/mol. The summed E-state index contributed by atoms with van der Waals surface area (Å²) in [5.74, 6) is -1.30. The highest BCUT2D eigenvalue weighted by atomic mass is 79.9. The van der Waals surface area contributed by atoms with Crippen molar-refractivity contribution < 1.29 is 19.4 Å². The van der Waals surface area contributed by atoms with Gasteiger partial charge in [0.05, 0.1) is 16.6 Å². The van der Waals surface area contributed by atoms with E-state index in [1.165, 1.54) is 6.20 Å². The fourth-order valence-corrected chi connectivity index (χ4v) is 3.86. The predicted octanol–water partition coefficient (Wildman–Crippen LogP) is 4.85. The van der Waals surface area contributed by atoms with E-state index in [4.69, 9.17) is 4.74 Å². The molecular weight excluding hydrogens is 452 g/mol. The molecule has 8 heteroatoms. The molecular formula is C22H19BrN2O5. The zero-order valence-corrected chi connectivity index (χ0v) is 17.7. The maximum Gasteiger partial charge on any atom is 0.411 e. The number of carboxylic acid groups (broad SMARTS) is 1. The summed E-state index contributed by atoms with van der Waals surface area (Å²) in [4.78, 5) is 37.1. The number of pyridine rings is 1. The SMILES string of the molecule is Cc1c(Br)cc(NC(=O)OCc2ccccc2)c2c(=O)c(C(=O)O)cn(C3CC3)c12. The van der Waals surface area contributed by atoms with E-state index in [0.29, 0.717) is 9.99 Å². The molecule has 0 unspecified atom stereocenters. The van der Waals surface area contributed by atoms with E-state index >= 15 is 0 Å². The molecule has 30 heavy (non-hydrogen) atoms. The molecule has 1 heterocycles. The van der Waals surface area contributed by atoms with Gasteiger partial charge in [0, 0.05) is 16.7 Å². The van der Waals surface area contributed by atoms with Crippen molar-refractivity contribution in [3.63, 3.8) is 0 Å². The molecule has 1 saturated carbocycles. The van der Waals surface area contributed by atoms with Gasteiger partial charge in [-0.1, -0.05) is 46.3 Å². The molecule has 2 aromatic carbocycles. The number of aryl methyl sites for hydroxylation is 1. The number of amides is 1. The number of fused-ring (bicyclic) bond motifs is 1. The lowest BCUT2D eigenvalue weighted by Crippen LogP contribution is -2.22. The molecule has 1 aliphatic carbocycles. The Hall–Kier alpha value is -3.13. The number of anilines is 1. The number of ether oxygens (including phenoxy) is 1. The topological polar surface area (TPSA) is 97.6 Å². The Bertz CT molecular complexity index is 1220. The van der Waals surface area contributed by atoms with E-state index in [9.17, 15) is 19.5 Å². The van der Waals surface area contributed by atoms with Crippen LogP contribution in [-0.4, -0.2) is 21.7 Å². The summed E-state index contributed by atoms with van der Waals surface area (Å²) in [5, 5.41) is 12.3. The van der Waals surface area contributed by atoms with Crippen molar-refractivity contribution in [3.8, 4) is 0 Å². The van der Waals surface area contributed by atoms with Crippen molar-refractivity contribution >= 4 is 44.6 Å². The third kappa shape index (κ3) is 3.82. The summed E-state index contributed by atoms with van der Waals surface area (Å²) >= 11 is 3.48. The molecule has 1 fully saturated rings. The van der Waals surface area contributed by atoms with Gasteiger partial charge in [-0.2, -0.15) is 0 Å². The molecule has 2 N–H and O–H groups in total. The molecule has 0 spiro atoms. The molecule has 4 rings (SSSR count). The highest BCUT2D eigenvalue weighted by Crippen LogP contribution is 2.40. The molecule has 0 bridgehead atoms. The van der Waals surface area contributed by atoms with Gasteiger partial charge < -0.3 is 14.4 Å². The lowest BCUT2D eigenvalue weighted by molar-refractivity contribution is 0.0694. The Labute approximate surface area is 180 Å². The first-order valence-corrected chi connectivity index (χ1v) is 10.2. The molecule has 0 radical (unpaired) electrons. The van der Waals surface area contributed by atoms with Gasteiger partial charge in [0.1, 0.15) is 12.2 Å². The van der Waals surface area contributed by atoms with Crippen molar-refractivity contribution in [1.29, 1.82) is 0 Å². The second kappa shape index (κ2) is 7.95. The number of rotatable bonds is 5. The Kier molecular flexibility index (Phi) is 5.34. The molecule has 1 amide bonds. The number of aromatic carboxylic acids is 1. The van der Waals surface area contributed by atoms with E-state index in [-0.39, 0.29) is 29.3 Å². The summed E-state index contributed by atoms with van der Waals surface area (Å²) in [7, 11) is 0. The maximum absolute atomic E-state index is 13.0. The van der Waals surface area contributed by atoms with Crippen LogP contribution in [0.3, 0.4) is 0 Å². The van der Waals surface area contributed by atoms with Gasteiger partial charge in [0.2, 0.25) is 5.43 Å². The van der Waals surface area contributed by atoms with E-state index in [0.717, 1.165) is 24.0 Å². The second-order valence-corrected chi connectivity index (χ2v) is 8.11.